The summed E-state index contributed by atoms with van der Waals surface area (Å²) in [6, 6.07) is 16.7. The van der Waals surface area contributed by atoms with Crippen LogP contribution in [0.15, 0.2) is 106 Å². The number of hydrogen-bond acceptors (Lipinski definition) is 18. The van der Waals surface area contributed by atoms with Crippen molar-refractivity contribution in [1.29, 1.82) is 0 Å². The maximum absolute atomic E-state index is 13.7. The van der Waals surface area contributed by atoms with E-state index in [0.29, 0.717) is 111 Å². The molecule has 404 valence electrons. The van der Waals surface area contributed by atoms with Gasteiger partial charge in [-0.3, -0.25) is 24.0 Å². The molecule has 0 amide bonds. The second-order valence-electron chi connectivity index (χ2n) is 18.2. The molecule has 3 aliphatic rings. The highest BCUT2D eigenvalue weighted by atomic mass is 32.2. The first-order valence-electron chi connectivity index (χ1n) is 25.5. The Labute approximate surface area is 451 Å². The molecule has 3 aromatic rings. The number of hydrogen-bond donors (Lipinski definition) is 0. The average molecular weight is 1080 g/mol. The molecule has 76 heavy (non-hydrogen) atoms. The van der Waals surface area contributed by atoms with Crippen molar-refractivity contribution < 1.29 is 76.2 Å². The highest BCUT2D eigenvalue weighted by molar-refractivity contribution is 8.24. The van der Waals surface area contributed by atoms with Crippen molar-refractivity contribution in [2.75, 3.05) is 33.5 Å². The summed E-state index contributed by atoms with van der Waals surface area (Å²) >= 11 is 2.07. The lowest BCUT2D eigenvalue weighted by Gasteiger charge is -2.26. The van der Waals surface area contributed by atoms with E-state index in [-0.39, 0.29) is 33.4 Å². The molecule has 0 aromatic heterocycles. The van der Waals surface area contributed by atoms with E-state index in [9.17, 15) is 33.6 Å². The number of ether oxygens (including phenoxy) is 9. The molecule has 0 bridgehead atoms. The topological polar surface area (TPSA) is 207 Å². The fourth-order valence-corrected chi connectivity index (χ4v) is 11.1. The second-order valence-corrected chi connectivity index (χ2v) is 20.5. The molecule has 2 fully saturated rings. The Morgan fingerprint density at radius 3 is 1.16 bits per heavy atom. The van der Waals surface area contributed by atoms with Gasteiger partial charge in [0.2, 0.25) is 0 Å². The molecule has 0 unspecified atom stereocenters. The van der Waals surface area contributed by atoms with Crippen LogP contribution < -0.4 is 28.4 Å². The van der Waals surface area contributed by atoms with Crippen LogP contribution in [0.2, 0.25) is 0 Å². The Bertz CT molecular complexity index is 2450. The molecule has 6 rings (SSSR count). The number of unbranched alkanes of at least 4 members (excludes halogenated alkanes) is 6. The Morgan fingerprint density at radius 2 is 0.829 bits per heavy atom. The summed E-state index contributed by atoms with van der Waals surface area (Å²) in [6.07, 6.45) is 12.3. The van der Waals surface area contributed by atoms with Crippen molar-refractivity contribution in [3.05, 3.63) is 107 Å². The Balaban J connectivity index is 0.949. The predicted molar refractivity (Wildman–Crippen MR) is 280 cm³/mol. The summed E-state index contributed by atoms with van der Waals surface area (Å²) in [6.45, 7) is 16.2. The first kappa shape index (κ1) is 58.2. The first-order chi connectivity index (χ1) is 36.9. The van der Waals surface area contributed by atoms with Crippen LogP contribution in [0.3, 0.4) is 0 Å². The van der Waals surface area contributed by atoms with Gasteiger partial charge in [-0.05, 0) is 163 Å². The first-order valence-corrected chi connectivity index (χ1v) is 27.2. The van der Waals surface area contributed by atoms with Crippen LogP contribution in [0.1, 0.15) is 103 Å². The molecular weight excluding hydrogens is 1020 g/mol. The number of esters is 7. The van der Waals surface area contributed by atoms with Gasteiger partial charge in [0.05, 0.1) is 77.8 Å². The minimum absolute atomic E-state index is 0.161. The summed E-state index contributed by atoms with van der Waals surface area (Å²) in [5, 5.41) is 0. The minimum atomic E-state index is -0.847. The lowest BCUT2D eigenvalue weighted by molar-refractivity contribution is -0.145. The lowest BCUT2D eigenvalue weighted by atomic mass is 9.82. The molecule has 0 spiro atoms. The fraction of sp³-hybridized carbons (Fsp3) is 0.439. The molecule has 17 nitrogen and oxygen atoms in total. The Morgan fingerprint density at radius 1 is 0.500 bits per heavy atom. The number of carbonyl (C=O) groups excluding carboxylic acids is 7. The number of benzene rings is 3. The summed E-state index contributed by atoms with van der Waals surface area (Å²) in [5.74, 6) is -2.97. The third kappa shape index (κ3) is 17.8. The number of fused-ring (bicyclic) bond motifs is 1. The third-order valence-corrected chi connectivity index (χ3v) is 15.4. The van der Waals surface area contributed by atoms with Crippen molar-refractivity contribution in [2.24, 2.45) is 23.7 Å². The predicted octanol–water partition coefficient (Wildman–Crippen LogP) is 11.1. The molecule has 19 heteroatoms. The van der Waals surface area contributed by atoms with Crippen molar-refractivity contribution in [2.45, 2.75) is 113 Å². The monoisotopic (exact) mass is 1080 g/mol. The van der Waals surface area contributed by atoms with Crippen molar-refractivity contribution in [1.82, 2.24) is 0 Å². The van der Waals surface area contributed by atoms with Crippen LogP contribution in [0.4, 0.5) is 0 Å². The minimum Gasteiger partial charge on any atom is -0.494 e. The zero-order chi connectivity index (χ0) is 54.2. The molecular formula is C57H63NO16S2. The number of methoxy groups -OCH3 is 1. The maximum atomic E-state index is 13.7. The van der Waals surface area contributed by atoms with Crippen LogP contribution in [0.5, 0.6) is 34.5 Å². The van der Waals surface area contributed by atoms with Crippen LogP contribution in [-0.2, 0) is 47.8 Å². The van der Waals surface area contributed by atoms with E-state index in [0.717, 1.165) is 87.0 Å². The quantitative estimate of drug-likeness (QED) is 0.0174. The number of carbonyl (C=O) groups is 7. The van der Waals surface area contributed by atoms with Gasteiger partial charge in [0, 0.05) is 12.2 Å². The van der Waals surface area contributed by atoms with Gasteiger partial charge in [-0.1, -0.05) is 36.7 Å². The summed E-state index contributed by atoms with van der Waals surface area (Å²) in [4.78, 5) is 92.7. The molecule has 2 saturated carbocycles. The van der Waals surface area contributed by atoms with Crippen LogP contribution in [0, 0.1) is 30.2 Å². The van der Waals surface area contributed by atoms with Gasteiger partial charge in [0.1, 0.15) is 34.5 Å². The van der Waals surface area contributed by atoms with Crippen LogP contribution >= 0.6 is 23.5 Å². The number of nitrogens with zero attached hydrogens (tertiary/aromatic N) is 1. The van der Waals surface area contributed by atoms with E-state index in [2.05, 4.69) is 18.0 Å². The molecule has 3 aromatic carbocycles. The normalized spacial score (nSPS) is 17.6. The molecule has 0 radical (unpaired) electrons. The van der Waals surface area contributed by atoms with Crippen molar-refractivity contribution in [3.8, 4) is 34.5 Å². The van der Waals surface area contributed by atoms with Gasteiger partial charge in [-0.15, -0.1) is 0 Å². The molecule has 0 N–H and O–H groups in total. The largest absolute Gasteiger partial charge is 0.494 e. The van der Waals surface area contributed by atoms with E-state index in [1.165, 1.54) is 19.2 Å². The van der Waals surface area contributed by atoms with Crippen molar-refractivity contribution in [3.63, 3.8) is 0 Å². The van der Waals surface area contributed by atoms with Gasteiger partial charge in [0.15, 0.2) is 0 Å². The van der Waals surface area contributed by atoms with Crippen LogP contribution in [0.25, 0.3) is 4.85 Å². The molecule has 0 saturated heterocycles. The van der Waals surface area contributed by atoms with Gasteiger partial charge >= 0.3 is 41.8 Å². The van der Waals surface area contributed by atoms with Gasteiger partial charge in [-0.2, -0.15) is 0 Å². The summed E-state index contributed by atoms with van der Waals surface area (Å²) in [7, 11) is 1.17. The third-order valence-electron chi connectivity index (χ3n) is 12.8. The van der Waals surface area contributed by atoms with E-state index >= 15 is 0 Å². The van der Waals surface area contributed by atoms with E-state index < -0.39 is 53.5 Å². The highest BCUT2D eigenvalue weighted by Crippen LogP contribution is 2.59. The maximum Gasteiger partial charge on any atom is 0.337 e. The Hall–Kier alpha value is -7.04. The average Bonchev–Trinajstić information content (AvgIpc) is 3.90. The number of thioether (sulfide) groups is 2. The highest BCUT2D eigenvalue weighted by Gasteiger charge is 2.37. The van der Waals surface area contributed by atoms with Gasteiger partial charge in [-0.25, -0.2) is 14.4 Å². The van der Waals surface area contributed by atoms with E-state index in [1.807, 2.05) is 0 Å². The smallest absolute Gasteiger partial charge is 0.337 e. The molecule has 1 aliphatic heterocycles. The zero-order valence-corrected chi connectivity index (χ0v) is 44.2. The second kappa shape index (κ2) is 30.5. The van der Waals surface area contributed by atoms with Gasteiger partial charge in [0.25, 0.3) is 5.70 Å². The fourth-order valence-electron chi connectivity index (χ4n) is 8.53. The Kier molecular flexibility index (Phi) is 23.4. The zero-order valence-electron chi connectivity index (χ0n) is 42.6. The summed E-state index contributed by atoms with van der Waals surface area (Å²) in [5.41, 5.74) is -0.275. The van der Waals surface area contributed by atoms with Crippen LogP contribution in [-0.4, -0.2) is 75.3 Å². The van der Waals surface area contributed by atoms with E-state index in [1.54, 1.807) is 48.5 Å². The summed E-state index contributed by atoms with van der Waals surface area (Å²) < 4.78 is 50.0. The van der Waals surface area contributed by atoms with Crippen molar-refractivity contribution >= 4 is 65.3 Å². The van der Waals surface area contributed by atoms with Gasteiger partial charge < -0.3 is 42.6 Å². The molecule has 2 aliphatic carbocycles. The molecule has 1 heterocycles. The number of rotatable bonds is 27. The van der Waals surface area contributed by atoms with E-state index in [4.69, 9.17) is 49.2 Å². The molecule has 0 atom stereocenters. The SMILES string of the molecule is [C-]#[N+]C(C(=O)OC)=C1Sc2c(OC(=O)C3CCC(C(=O)Oc4ccc(OCCCCCCOC(=O)C=C)cc4)CC3)ccc(OC(=O)C3CCC(C(=O)Oc4ccc(OCCCCCCOC(=O)C=C)cc4)CC3)c2S1. The standard InChI is InChI=1S/C57H63NO16S2/c1-5-47(59)69-35-13-9-7-11-33-67-41-23-27-43(28-24-41)71-52(61)37-15-19-39(20-16-37)54(63)73-45-31-32-46(51-50(45)75-57(76-51)49(58-3)56(65)66-4)74-55(64)40-21-17-38(18-22-40)53(62)72-44-29-25-42(26-30-44)68-34-12-8-10-14-36-70-48(60)6-2/h5-6,23-32,37-40H,1-2,7-22,33-36H2,4H3. The lowest BCUT2D eigenvalue weighted by Crippen LogP contribution is -2.30.